The number of aromatic amines is 1. The minimum atomic E-state index is 0.945. The van der Waals surface area contributed by atoms with Crippen LogP contribution in [0.25, 0.3) is 22.0 Å². The van der Waals surface area contributed by atoms with Crippen molar-refractivity contribution in [2.24, 2.45) is 5.73 Å². The number of nitrogens with one attached hydrogen (secondary N) is 1. The molecule has 158 valence electrons. The first-order chi connectivity index (χ1) is 15.2. The summed E-state index contributed by atoms with van der Waals surface area (Å²) in [5.74, 6) is 0. The van der Waals surface area contributed by atoms with Crippen LogP contribution in [-0.4, -0.2) is 53.0 Å². The Hall–Kier alpha value is -3.15. The maximum absolute atomic E-state index is 6.02. The Labute approximate surface area is 183 Å². The monoisotopic (exact) mass is 411 g/mol. The molecule has 31 heavy (non-hydrogen) atoms. The van der Waals surface area contributed by atoms with Gasteiger partial charge in [-0.3, -0.25) is 9.88 Å². The van der Waals surface area contributed by atoms with Crippen molar-refractivity contribution >= 4 is 22.0 Å². The topological polar surface area (TPSA) is 61.2 Å². The Morgan fingerprint density at radius 1 is 1.13 bits per heavy atom. The Bertz CT molecular complexity index is 1160. The van der Waals surface area contributed by atoms with Gasteiger partial charge in [0.1, 0.15) is 0 Å². The molecule has 0 amide bonds. The lowest BCUT2D eigenvalue weighted by atomic mass is 9.86. The highest BCUT2D eigenvalue weighted by Crippen LogP contribution is 2.36. The number of rotatable bonds is 5. The molecule has 0 spiro atoms. The maximum atomic E-state index is 6.02. The van der Waals surface area contributed by atoms with Gasteiger partial charge in [0.2, 0.25) is 0 Å². The molecule has 0 radical (unpaired) electrons. The molecule has 0 bridgehead atoms. The third-order valence-corrected chi connectivity index (χ3v) is 6.38. The third kappa shape index (κ3) is 4.20. The second-order valence-corrected chi connectivity index (χ2v) is 8.52. The summed E-state index contributed by atoms with van der Waals surface area (Å²) in [4.78, 5) is 12.7. The van der Waals surface area contributed by atoms with Gasteiger partial charge in [0.25, 0.3) is 0 Å². The summed E-state index contributed by atoms with van der Waals surface area (Å²) in [6.45, 7) is 5.57. The van der Waals surface area contributed by atoms with Crippen molar-refractivity contribution in [1.82, 2.24) is 19.8 Å². The summed E-state index contributed by atoms with van der Waals surface area (Å²) in [5, 5.41) is 1.18. The zero-order valence-electron chi connectivity index (χ0n) is 18.0. The van der Waals surface area contributed by atoms with Gasteiger partial charge in [0, 0.05) is 56.1 Å². The first-order valence-electron chi connectivity index (χ1n) is 11.0. The minimum absolute atomic E-state index is 0.945. The van der Waals surface area contributed by atoms with Crippen molar-refractivity contribution in [3.63, 3.8) is 0 Å². The summed E-state index contributed by atoms with van der Waals surface area (Å²) in [6, 6.07) is 13.1. The summed E-state index contributed by atoms with van der Waals surface area (Å²) >= 11 is 0. The fraction of sp³-hybridized carbons (Fsp3) is 0.269. The van der Waals surface area contributed by atoms with E-state index in [1.807, 2.05) is 12.4 Å². The lowest BCUT2D eigenvalue weighted by molar-refractivity contribution is 0.148. The van der Waals surface area contributed by atoms with Crippen LogP contribution in [0.1, 0.15) is 23.2 Å². The maximum Gasteiger partial charge on any atom is 0.0709 e. The number of benzene rings is 1. The molecule has 1 saturated heterocycles. The third-order valence-electron chi connectivity index (χ3n) is 6.38. The minimum Gasteiger partial charge on any atom is -0.404 e. The summed E-state index contributed by atoms with van der Waals surface area (Å²) in [7, 11) is 2.19. The Balaban J connectivity index is 1.29. The van der Waals surface area contributed by atoms with Crippen molar-refractivity contribution in [2.75, 3.05) is 33.2 Å². The van der Waals surface area contributed by atoms with Gasteiger partial charge in [-0.05, 0) is 54.0 Å². The highest BCUT2D eigenvalue weighted by Gasteiger charge is 2.18. The van der Waals surface area contributed by atoms with Crippen LogP contribution in [0.3, 0.4) is 0 Å². The number of nitrogens with two attached hydrogens (primary N) is 1. The molecular formula is C26H29N5. The van der Waals surface area contributed by atoms with E-state index in [2.05, 4.69) is 75.4 Å². The molecule has 5 rings (SSSR count). The summed E-state index contributed by atoms with van der Waals surface area (Å²) in [5.41, 5.74) is 14.1. The molecule has 0 unspecified atom stereocenters. The fourth-order valence-electron chi connectivity index (χ4n) is 4.31. The average molecular weight is 412 g/mol. The molecule has 5 heteroatoms. The van der Waals surface area contributed by atoms with Crippen LogP contribution < -0.4 is 5.73 Å². The molecular weight excluding hydrogens is 382 g/mol. The SMILES string of the molecule is CN1CCN(Cc2ccc(C(/C=C3\CC=C3c3cc4cc[nH]c4cn3)=C/N)cc2)CC1. The van der Waals surface area contributed by atoms with Crippen LogP contribution in [0, 0.1) is 0 Å². The molecule has 3 N–H and O–H groups in total. The highest BCUT2D eigenvalue weighted by molar-refractivity contribution is 5.91. The molecule has 0 saturated carbocycles. The fourth-order valence-corrected chi connectivity index (χ4v) is 4.31. The van der Waals surface area contributed by atoms with E-state index in [9.17, 15) is 0 Å². The van der Waals surface area contributed by atoms with Gasteiger partial charge in [-0.1, -0.05) is 30.3 Å². The number of H-pyrrole nitrogens is 1. The number of piperazine rings is 1. The zero-order chi connectivity index (χ0) is 21.2. The Morgan fingerprint density at radius 2 is 1.94 bits per heavy atom. The van der Waals surface area contributed by atoms with Crippen LogP contribution in [0.4, 0.5) is 0 Å². The van der Waals surface area contributed by atoms with Crippen LogP contribution in [-0.2, 0) is 6.54 Å². The van der Waals surface area contributed by atoms with E-state index in [0.717, 1.165) is 61.5 Å². The van der Waals surface area contributed by atoms with Crippen LogP contribution in [0.15, 0.2) is 72.7 Å². The smallest absolute Gasteiger partial charge is 0.0709 e. The van der Waals surface area contributed by atoms with Gasteiger partial charge in [0.05, 0.1) is 17.4 Å². The standard InChI is InChI=1S/C26H29N5/c1-30-10-12-31(13-11-30)18-19-2-4-20(5-3-19)23(16-27)14-21-6-7-24(21)25-15-22-8-9-28-26(22)17-29-25/h2-5,7-9,14-17,28H,6,10-13,18,27H2,1H3/b21-14+,23-16+. The number of fused-ring (bicyclic) bond motifs is 1. The molecule has 3 heterocycles. The van der Waals surface area contributed by atoms with Gasteiger partial charge in [-0.25, -0.2) is 0 Å². The lowest BCUT2D eigenvalue weighted by Gasteiger charge is -2.32. The quantitative estimate of drug-likeness (QED) is 0.666. The van der Waals surface area contributed by atoms with E-state index < -0.39 is 0 Å². The predicted molar refractivity (Wildman–Crippen MR) is 128 cm³/mol. The van der Waals surface area contributed by atoms with Crippen LogP contribution in [0.2, 0.25) is 0 Å². The van der Waals surface area contributed by atoms with Gasteiger partial charge in [0.15, 0.2) is 0 Å². The molecule has 5 nitrogen and oxygen atoms in total. The number of nitrogens with zero attached hydrogens (tertiary/aromatic N) is 3. The molecule has 1 aromatic carbocycles. The Morgan fingerprint density at radius 3 is 2.65 bits per heavy atom. The van der Waals surface area contributed by atoms with Gasteiger partial charge in [-0.2, -0.15) is 0 Å². The molecule has 1 aliphatic carbocycles. The number of pyridine rings is 1. The van der Waals surface area contributed by atoms with Crippen molar-refractivity contribution < 1.29 is 0 Å². The van der Waals surface area contributed by atoms with Gasteiger partial charge >= 0.3 is 0 Å². The molecule has 2 aliphatic rings. The van der Waals surface area contributed by atoms with Gasteiger partial charge < -0.3 is 15.6 Å². The normalized spacial score (nSPS) is 19.6. The number of aromatic nitrogens is 2. The molecule has 1 fully saturated rings. The Kier molecular flexibility index (Phi) is 5.45. The van der Waals surface area contributed by atoms with Crippen molar-refractivity contribution in [3.05, 3.63) is 89.5 Å². The second-order valence-electron chi connectivity index (χ2n) is 8.52. The molecule has 1 aliphatic heterocycles. The van der Waals surface area contributed by atoms with Crippen molar-refractivity contribution in [2.45, 2.75) is 13.0 Å². The van der Waals surface area contributed by atoms with E-state index in [1.54, 1.807) is 6.20 Å². The molecule has 3 aromatic rings. The first-order valence-corrected chi connectivity index (χ1v) is 11.0. The summed E-state index contributed by atoms with van der Waals surface area (Å²) < 4.78 is 0. The summed E-state index contributed by atoms with van der Waals surface area (Å²) in [6.07, 6.45) is 10.9. The van der Waals surface area contributed by atoms with E-state index in [-0.39, 0.29) is 0 Å². The van der Waals surface area contributed by atoms with Gasteiger partial charge in [-0.15, -0.1) is 0 Å². The molecule has 0 atom stereocenters. The lowest BCUT2D eigenvalue weighted by Crippen LogP contribution is -2.43. The van der Waals surface area contributed by atoms with Crippen molar-refractivity contribution in [3.8, 4) is 0 Å². The van der Waals surface area contributed by atoms with E-state index in [1.165, 1.54) is 22.1 Å². The zero-order valence-corrected chi connectivity index (χ0v) is 18.0. The largest absolute Gasteiger partial charge is 0.404 e. The highest BCUT2D eigenvalue weighted by atomic mass is 15.2. The van der Waals surface area contributed by atoms with E-state index >= 15 is 0 Å². The number of allylic oxidation sites excluding steroid dienone is 5. The van der Waals surface area contributed by atoms with Crippen LogP contribution in [0.5, 0.6) is 0 Å². The van der Waals surface area contributed by atoms with E-state index in [4.69, 9.17) is 5.73 Å². The van der Waals surface area contributed by atoms with Crippen LogP contribution >= 0.6 is 0 Å². The van der Waals surface area contributed by atoms with E-state index in [0.29, 0.717) is 0 Å². The average Bonchev–Trinajstić information content (AvgIpc) is 3.24. The number of likely N-dealkylation sites (N-methyl/N-ethyl adjacent to an activating group) is 1. The number of hydrogen-bond donors (Lipinski definition) is 2. The number of hydrogen-bond acceptors (Lipinski definition) is 4. The second kappa shape index (κ2) is 8.53. The predicted octanol–water partition coefficient (Wildman–Crippen LogP) is 4.02. The first kappa shape index (κ1) is 19.8. The molecule has 2 aromatic heterocycles. The van der Waals surface area contributed by atoms with Crippen molar-refractivity contribution in [1.29, 1.82) is 0 Å².